The van der Waals surface area contributed by atoms with Gasteiger partial charge in [-0.25, -0.2) is 0 Å². The van der Waals surface area contributed by atoms with Gasteiger partial charge in [-0.1, -0.05) is 12.1 Å². The molecule has 0 aliphatic carbocycles. The molecular weight excluding hydrogens is 261 g/mol. The Labute approximate surface area is 106 Å². The Balaban J connectivity index is 2.50. The minimum Gasteiger partial charge on any atom is -0.467 e. The molecule has 2 N–H and O–H groups in total. The van der Waals surface area contributed by atoms with Crippen molar-refractivity contribution in [1.82, 2.24) is 15.0 Å². The van der Waals surface area contributed by atoms with Gasteiger partial charge in [0, 0.05) is 5.56 Å². The van der Waals surface area contributed by atoms with Crippen molar-refractivity contribution in [1.29, 1.82) is 0 Å². The number of alkyl halides is 3. The number of methoxy groups -OCH3 is 1. The van der Waals surface area contributed by atoms with E-state index in [9.17, 15) is 13.2 Å². The van der Waals surface area contributed by atoms with E-state index in [0.717, 1.165) is 12.1 Å². The quantitative estimate of drug-likeness (QED) is 0.905. The van der Waals surface area contributed by atoms with Crippen LogP contribution in [-0.2, 0) is 6.18 Å². The van der Waals surface area contributed by atoms with Crippen molar-refractivity contribution in [3.05, 3.63) is 29.8 Å². The lowest BCUT2D eigenvalue weighted by Crippen LogP contribution is -2.06. The molecule has 0 unspecified atom stereocenters. The van der Waals surface area contributed by atoms with Gasteiger partial charge in [0.15, 0.2) is 5.82 Å². The zero-order valence-corrected chi connectivity index (χ0v) is 9.77. The van der Waals surface area contributed by atoms with Crippen molar-refractivity contribution < 1.29 is 17.9 Å². The molecule has 19 heavy (non-hydrogen) atoms. The molecule has 5 nitrogen and oxygen atoms in total. The van der Waals surface area contributed by atoms with Gasteiger partial charge in [0.25, 0.3) is 0 Å². The SMILES string of the molecule is COc1nc(N)nc(-c2cccc(C(F)(F)F)c2)n1. The molecule has 0 radical (unpaired) electrons. The molecule has 1 heterocycles. The van der Waals surface area contributed by atoms with Crippen LogP contribution in [0.1, 0.15) is 5.56 Å². The van der Waals surface area contributed by atoms with Gasteiger partial charge in [-0.3, -0.25) is 0 Å². The Bertz CT molecular complexity index is 601. The average Bonchev–Trinajstić information content (AvgIpc) is 2.37. The number of aromatic nitrogens is 3. The van der Waals surface area contributed by atoms with Crippen LogP contribution in [0.5, 0.6) is 6.01 Å². The molecule has 0 saturated heterocycles. The predicted molar refractivity (Wildman–Crippen MR) is 61.2 cm³/mol. The standard InChI is InChI=1S/C11H9F3N4O/c1-19-10-17-8(16-9(15)18-10)6-3-2-4-7(5-6)11(12,13)14/h2-5H,1H3,(H2,15,16,17,18). The van der Waals surface area contributed by atoms with Gasteiger partial charge < -0.3 is 10.5 Å². The molecule has 2 rings (SSSR count). The summed E-state index contributed by atoms with van der Waals surface area (Å²) >= 11 is 0. The first-order valence-electron chi connectivity index (χ1n) is 5.13. The summed E-state index contributed by atoms with van der Waals surface area (Å²) in [5.74, 6) is -0.102. The number of hydrogen-bond donors (Lipinski definition) is 1. The maximum absolute atomic E-state index is 12.6. The van der Waals surface area contributed by atoms with Crippen molar-refractivity contribution in [2.24, 2.45) is 0 Å². The molecule has 0 atom stereocenters. The summed E-state index contributed by atoms with van der Waals surface area (Å²) in [6.07, 6.45) is -4.43. The summed E-state index contributed by atoms with van der Waals surface area (Å²) in [5, 5.41) is 0. The number of benzene rings is 1. The molecule has 1 aromatic heterocycles. The van der Waals surface area contributed by atoms with Crippen LogP contribution in [0.3, 0.4) is 0 Å². The van der Waals surface area contributed by atoms with E-state index in [-0.39, 0.29) is 23.3 Å². The van der Waals surface area contributed by atoms with Gasteiger partial charge in [0.2, 0.25) is 5.95 Å². The smallest absolute Gasteiger partial charge is 0.416 e. The first-order chi connectivity index (χ1) is 8.90. The highest BCUT2D eigenvalue weighted by Gasteiger charge is 2.30. The molecule has 100 valence electrons. The highest BCUT2D eigenvalue weighted by atomic mass is 19.4. The van der Waals surface area contributed by atoms with Crippen LogP contribution in [0.2, 0.25) is 0 Å². The first kappa shape index (κ1) is 13.1. The van der Waals surface area contributed by atoms with E-state index in [1.54, 1.807) is 0 Å². The summed E-state index contributed by atoms with van der Waals surface area (Å²) in [6.45, 7) is 0. The van der Waals surface area contributed by atoms with Crippen LogP contribution >= 0.6 is 0 Å². The third-order valence-corrected chi connectivity index (χ3v) is 2.26. The summed E-state index contributed by atoms with van der Waals surface area (Å²) < 4.78 is 42.6. The zero-order chi connectivity index (χ0) is 14.0. The van der Waals surface area contributed by atoms with E-state index in [2.05, 4.69) is 15.0 Å². The number of halogens is 3. The molecule has 0 spiro atoms. The van der Waals surface area contributed by atoms with Crippen molar-refractivity contribution in [3.63, 3.8) is 0 Å². The van der Waals surface area contributed by atoms with Crippen molar-refractivity contribution in [3.8, 4) is 17.4 Å². The maximum Gasteiger partial charge on any atom is 0.416 e. The van der Waals surface area contributed by atoms with Gasteiger partial charge >= 0.3 is 12.2 Å². The van der Waals surface area contributed by atoms with Crippen molar-refractivity contribution in [2.75, 3.05) is 12.8 Å². The van der Waals surface area contributed by atoms with Gasteiger partial charge in [-0.2, -0.15) is 28.1 Å². The van der Waals surface area contributed by atoms with Gasteiger partial charge in [0.1, 0.15) is 0 Å². The van der Waals surface area contributed by atoms with Crippen molar-refractivity contribution in [2.45, 2.75) is 6.18 Å². The molecule has 0 fully saturated rings. The highest BCUT2D eigenvalue weighted by molar-refractivity contribution is 5.57. The van der Waals surface area contributed by atoms with E-state index >= 15 is 0 Å². The van der Waals surface area contributed by atoms with E-state index in [0.29, 0.717) is 0 Å². The number of nitrogen functional groups attached to an aromatic ring is 1. The van der Waals surface area contributed by atoms with E-state index in [1.165, 1.54) is 19.2 Å². The second kappa shape index (κ2) is 4.71. The second-order valence-electron chi connectivity index (χ2n) is 3.58. The van der Waals surface area contributed by atoms with Gasteiger partial charge in [-0.15, -0.1) is 0 Å². The number of anilines is 1. The maximum atomic E-state index is 12.6. The van der Waals surface area contributed by atoms with E-state index in [4.69, 9.17) is 10.5 Å². The molecule has 8 heteroatoms. The molecule has 0 saturated carbocycles. The molecule has 0 amide bonds. The van der Waals surface area contributed by atoms with Crippen LogP contribution in [0, 0.1) is 0 Å². The number of hydrogen-bond acceptors (Lipinski definition) is 5. The normalized spacial score (nSPS) is 11.4. The Kier molecular flexibility index (Phi) is 3.24. The van der Waals surface area contributed by atoms with Crippen LogP contribution in [0.4, 0.5) is 19.1 Å². The van der Waals surface area contributed by atoms with Gasteiger partial charge in [0.05, 0.1) is 12.7 Å². The predicted octanol–water partition coefficient (Wildman–Crippen LogP) is 2.15. The summed E-state index contributed by atoms with van der Waals surface area (Å²) in [5.41, 5.74) is 4.83. The Morgan fingerprint density at radius 3 is 2.53 bits per heavy atom. The Morgan fingerprint density at radius 1 is 1.16 bits per heavy atom. The van der Waals surface area contributed by atoms with Crippen LogP contribution in [0.15, 0.2) is 24.3 Å². The van der Waals surface area contributed by atoms with Gasteiger partial charge in [-0.05, 0) is 12.1 Å². The van der Waals surface area contributed by atoms with Crippen molar-refractivity contribution >= 4 is 5.95 Å². The number of ether oxygens (including phenoxy) is 1. The summed E-state index contributed by atoms with van der Waals surface area (Å²) in [7, 11) is 1.32. The minimum atomic E-state index is -4.43. The molecular formula is C11H9F3N4O. The van der Waals surface area contributed by atoms with E-state index < -0.39 is 11.7 Å². The molecule has 2 aromatic rings. The second-order valence-corrected chi connectivity index (χ2v) is 3.58. The molecule has 0 aliphatic rings. The fourth-order valence-corrected chi connectivity index (χ4v) is 1.43. The molecule has 1 aromatic carbocycles. The minimum absolute atomic E-state index is 0.0236. The number of nitrogens with zero attached hydrogens (tertiary/aromatic N) is 3. The number of nitrogens with two attached hydrogens (primary N) is 1. The summed E-state index contributed by atoms with van der Waals surface area (Å²) in [4.78, 5) is 11.3. The lowest BCUT2D eigenvalue weighted by atomic mass is 10.1. The zero-order valence-electron chi connectivity index (χ0n) is 9.77. The largest absolute Gasteiger partial charge is 0.467 e. The summed E-state index contributed by atoms with van der Waals surface area (Å²) in [6, 6.07) is 4.56. The van der Waals surface area contributed by atoms with Crippen LogP contribution in [-0.4, -0.2) is 22.1 Å². The lowest BCUT2D eigenvalue weighted by Gasteiger charge is -2.08. The monoisotopic (exact) mass is 270 g/mol. The van der Waals surface area contributed by atoms with Crippen LogP contribution in [0.25, 0.3) is 11.4 Å². The Hall–Kier alpha value is -2.38. The fourth-order valence-electron chi connectivity index (χ4n) is 1.43. The third kappa shape index (κ3) is 2.90. The number of rotatable bonds is 2. The highest BCUT2D eigenvalue weighted by Crippen LogP contribution is 2.31. The van der Waals surface area contributed by atoms with Crippen LogP contribution < -0.4 is 10.5 Å². The average molecular weight is 270 g/mol. The first-order valence-corrected chi connectivity index (χ1v) is 5.13. The van der Waals surface area contributed by atoms with E-state index in [1.807, 2.05) is 0 Å². The topological polar surface area (TPSA) is 73.9 Å². The third-order valence-electron chi connectivity index (χ3n) is 2.26. The molecule has 0 bridgehead atoms. The fraction of sp³-hybridized carbons (Fsp3) is 0.182. The Morgan fingerprint density at radius 2 is 1.89 bits per heavy atom. The lowest BCUT2D eigenvalue weighted by molar-refractivity contribution is -0.137. The molecule has 0 aliphatic heterocycles.